The van der Waals surface area contributed by atoms with Crippen molar-refractivity contribution in [2.75, 3.05) is 0 Å². The molecule has 0 heterocycles. The van der Waals surface area contributed by atoms with Crippen LogP contribution in [-0.4, -0.2) is 26.2 Å². The van der Waals surface area contributed by atoms with Crippen molar-refractivity contribution in [3.05, 3.63) is 42.5 Å². The molecule has 1 fully saturated rings. The van der Waals surface area contributed by atoms with Gasteiger partial charge < -0.3 is 0 Å². The van der Waals surface area contributed by atoms with E-state index in [2.05, 4.69) is 50.8 Å². The minimum absolute atomic E-state index is 0.156. The topological polar surface area (TPSA) is 20.2 Å². The fraction of sp³-hybridized carbons (Fsp3) is 0.500. The zero-order chi connectivity index (χ0) is 13.1. The van der Waals surface area contributed by atoms with Crippen LogP contribution in [0.25, 0.3) is 0 Å². The van der Waals surface area contributed by atoms with Gasteiger partial charge in [-0.15, -0.1) is 0 Å². The van der Waals surface area contributed by atoms with Crippen molar-refractivity contribution >= 4 is 19.4 Å². The molecule has 4 atom stereocenters. The van der Waals surface area contributed by atoms with E-state index in [4.69, 9.17) is 0 Å². The molecule has 1 N–H and O–H groups in total. The Labute approximate surface area is 116 Å². The van der Waals surface area contributed by atoms with Gasteiger partial charge in [-0.25, -0.2) is 0 Å². The van der Waals surface area contributed by atoms with E-state index in [-0.39, 0.29) is 6.10 Å². The molecule has 0 spiro atoms. The van der Waals surface area contributed by atoms with Crippen LogP contribution >= 0.6 is 0 Å². The first-order valence-corrected chi connectivity index (χ1v) is 8.47. The average molecular weight is 309 g/mol. The Kier molecular flexibility index (Phi) is 4.66. The molecule has 1 aliphatic carbocycles. The van der Waals surface area contributed by atoms with E-state index in [0.717, 1.165) is 6.42 Å². The predicted octanol–water partition coefficient (Wildman–Crippen LogP) is 2.79. The molecule has 2 heteroatoms. The number of benzene rings is 1. The first-order valence-electron chi connectivity index (χ1n) is 6.63. The third-order valence-electron chi connectivity index (χ3n) is 3.96. The van der Waals surface area contributed by atoms with Crippen LogP contribution in [0.5, 0.6) is 0 Å². The molecule has 2 rings (SSSR count). The third-order valence-corrected chi connectivity index (χ3v) is 7.05. The normalized spacial score (nSPS) is 32.2. The second-order valence-electron chi connectivity index (χ2n) is 5.41. The minimum atomic E-state index is -0.156. The molecule has 18 heavy (non-hydrogen) atoms. The van der Waals surface area contributed by atoms with Gasteiger partial charge in [-0.05, 0) is 0 Å². The van der Waals surface area contributed by atoms with E-state index < -0.39 is 0 Å². The predicted molar refractivity (Wildman–Crippen MR) is 78.3 cm³/mol. The monoisotopic (exact) mass is 310 g/mol. The number of rotatable bonds is 3. The summed E-state index contributed by atoms with van der Waals surface area (Å²) in [5.41, 5.74) is 1.23. The zero-order valence-electron chi connectivity index (χ0n) is 11.2. The molecule has 0 aliphatic heterocycles. The van der Waals surface area contributed by atoms with E-state index in [9.17, 15) is 5.11 Å². The molecule has 0 bridgehead atoms. The molecule has 1 aromatic carbocycles. The van der Waals surface area contributed by atoms with Crippen molar-refractivity contribution in [3.8, 4) is 0 Å². The van der Waals surface area contributed by atoms with Crippen molar-refractivity contribution < 1.29 is 5.11 Å². The summed E-state index contributed by atoms with van der Waals surface area (Å²) in [7, 11) is 0. The maximum atomic E-state index is 10.2. The molecule has 0 amide bonds. The van der Waals surface area contributed by atoms with Gasteiger partial charge in [-0.1, -0.05) is 0 Å². The van der Waals surface area contributed by atoms with Gasteiger partial charge in [0.25, 0.3) is 0 Å². The summed E-state index contributed by atoms with van der Waals surface area (Å²) in [5, 5.41) is 10.2. The van der Waals surface area contributed by atoms with Crippen molar-refractivity contribution in [1.82, 2.24) is 0 Å². The number of hydrogen-bond donors (Lipinski definition) is 1. The van der Waals surface area contributed by atoms with Gasteiger partial charge >= 0.3 is 116 Å². The number of allylic oxidation sites excluding steroid dienone is 1. The second kappa shape index (κ2) is 6.06. The van der Waals surface area contributed by atoms with Crippen LogP contribution in [0, 0.1) is 11.8 Å². The fourth-order valence-corrected chi connectivity index (χ4v) is 5.49. The van der Waals surface area contributed by atoms with Gasteiger partial charge in [-0.2, -0.15) is 0 Å². The third kappa shape index (κ3) is 3.26. The Hall–Kier alpha value is -0.561. The summed E-state index contributed by atoms with van der Waals surface area (Å²) in [6, 6.07) is 10.7. The molecular weight excluding hydrogens is 287 g/mol. The number of hydrogen-bond acceptors (Lipinski definition) is 1. The van der Waals surface area contributed by atoms with Crippen LogP contribution in [0.3, 0.4) is 0 Å². The quantitative estimate of drug-likeness (QED) is 0.672. The molecule has 0 unspecified atom stereocenters. The summed E-state index contributed by atoms with van der Waals surface area (Å²) >= 11 is 0.454. The van der Waals surface area contributed by atoms with Crippen molar-refractivity contribution in [1.29, 1.82) is 0 Å². The van der Waals surface area contributed by atoms with E-state index >= 15 is 0 Å². The Morgan fingerprint density at radius 2 is 1.94 bits per heavy atom. The Bertz CT molecular complexity index is 401. The van der Waals surface area contributed by atoms with Gasteiger partial charge in [0.15, 0.2) is 0 Å². The molecule has 1 aliphatic rings. The van der Waals surface area contributed by atoms with Crippen molar-refractivity contribution in [2.24, 2.45) is 11.8 Å². The summed E-state index contributed by atoms with van der Waals surface area (Å²) in [6.07, 6.45) is 1.94. The SMILES string of the molecule is C=C(C)[C@H]1C[C@H](O)[C@H](C)[C@H]([Se]c2ccccc2)C1. The van der Waals surface area contributed by atoms with Gasteiger partial charge in [-0.3, -0.25) is 0 Å². The summed E-state index contributed by atoms with van der Waals surface area (Å²) in [4.78, 5) is 0.630. The first kappa shape index (κ1) is 13.9. The van der Waals surface area contributed by atoms with Crippen LogP contribution in [0.15, 0.2) is 42.5 Å². The average Bonchev–Trinajstić information content (AvgIpc) is 2.35. The standard InChI is InChI=1S/C16H22OSe/c1-11(2)13-9-15(17)12(3)16(10-13)18-14-7-5-4-6-8-14/h4-8,12-13,15-17H,1,9-10H2,2-3H3/t12-,13-,15-,16+/m0/s1. The Balaban J connectivity index is 2.08. The molecule has 0 aromatic heterocycles. The van der Waals surface area contributed by atoms with E-state index in [1.54, 1.807) is 0 Å². The molecule has 98 valence electrons. The maximum absolute atomic E-state index is 10.2. The van der Waals surface area contributed by atoms with Crippen LogP contribution < -0.4 is 4.46 Å². The van der Waals surface area contributed by atoms with Gasteiger partial charge in [0.05, 0.1) is 0 Å². The summed E-state index contributed by atoms with van der Waals surface area (Å²) in [6.45, 7) is 8.38. The number of aliphatic hydroxyl groups is 1. The van der Waals surface area contributed by atoms with E-state index in [1.165, 1.54) is 16.5 Å². The van der Waals surface area contributed by atoms with Crippen LogP contribution in [0.1, 0.15) is 26.7 Å². The fourth-order valence-electron chi connectivity index (χ4n) is 2.58. The van der Waals surface area contributed by atoms with Gasteiger partial charge in [0.1, 0.15) is 0 Å². The van der Waals surface area contributed by atoms with Crippen LogP contribution in [-0.2, 0) is 0 Å². The van der Waals surface area contributed by atoms with Crippen molar-refractivity contribution in [3.63, 3.8) is 0 Å². The van der Waals surface area contributed by atoms with E-state index in [1.807, 2.05) is 0 Å². The Morgan fingerprint density at radius 1 is 1.28 bits per heavy atom. The van der Waals surface area contributed by atoms with Crippen LogP contribution in [0.4, 0.5) is 0 Å². The Morgan fingerprint density at radius 3 is 2.56 bits per heavy atom. The summed E-state index contributed by atoms with van der Waals surface area (Å²) in [5.74, 6) is 0.924. The second-order valence-corrected chi connectivity index (χ2v) is 8.16. The molecule has 1 saturated carbocycles. The molecule has 0 saturated heterocycles. The van der Waals surface area contributed by atoms with Crippen LogP contribution in [0.2, 0.25) is 4.82 Å². The molecule has 1 nitrogen and oxygen atoms in total. The molecular formula is C16H22OSe. The van der Waals surface area contributed by atoms with Gasteiger partial charge in [0, 0.05) is 0 Å². The summed E-state index contributed by atoms with van der Waals surface area (Å²) < 4.78 is 1.44. The first-order chi connectivity index (χ1) is 8.58. The molecule has 0 radical (unpaired) electrons. The van der Waals surface area contributed by atoms with Gasteiger partial charge in [0.2, 0.25) is 0 Å². The zero-order valence-corrected chi connectivity index (χ0v) is 12.9. The van der Waals surface area contributed by atoms with E-state index in [0.29, 0.717) is 31.6 Å². The van der Waals surface area contributed by atoms with Crippen molar-refractivity contribution in [2.45, 2.75) is 37.6 Å². The number of aliphatic hydroxyl groups excluding tert-OH is 1. The molecule has 1 aromatic rings.